The molecule has 10 nitrogen and oxygen atoms in total. The molecular formula is C26H32Cl2N4O6S. The molecule has 0 bridgehead atoms. The SMILES string of the molecule is CCC(C(=O)NC1CCCCC1)N(Cc1ccc(Cl)c(Cl)c1)C(=O)CN(c1cccc([N+](=O)[O-])c1)S(C)(=O)=O. The molecule has 3 rings (SSSR count). The van der Waals surface area contributed by atoms with Gasteiger partial charge in [-0.15, -0.1) is 0 Å². The van der Waals surface area contributed by atoms with Crippen molar-refractivity contribution < 1.29 is 22.9 Å². The van der Waals surface area contributed by atoms with Crippen molar-refractivity contribution in [2.75, 3.05) is 17.1 Å². The summed E-state index contributed by atoms with van der Waals surface area (Å²) in [4.78, 5) is 39.2. The maximum atomic E-state index is 13.8. The van der Waals surface area contributed by atoms with Gasteiger partial charge in [0, 0.05) is 24.7 Å². The van der Waals surface area contributed by atoms with Crippen LogP contribution in [0.4, 0.5) is 11.4 Å². The van der Waals surface area contributed by atoms with Crippen LogP contribution in [0.25, 0.3) is 0 Å². The van der Waals surface area contributed by atoms with Gasteiger partial charge in [-0.2, -0.15) is 0 Å². The van der Waals surface area contributed by atoms with Gasteiger partial charge < -0.3 is 10.2 Å². The molecule has 1 aliphatic rings. The molecule has 39 heavy (non-hydrogen) atoms. The van der Waals surface area contributed by atoms with Crippen LogP contribution in [-0.2, 0) is 26.2 Å². The van der Waals surface area contributed by atoms with Crippen molar-refractivity contribution >= 4 is 56.4 Å². The van der Waals surface area contributed by atoms with Gasteiger partial charge in [0.1, 0.15) is 12.6 Å². The average Bonchev–Trinajstić information content (AvgIpc) is 2.89. The molecule has 2 aromatic carbocycles. The minimum atomic E-state index is -4.03. The number of rotatable bonds is 11. The number of carbonyl (C=O) groups is 2. The molecule has 13 heteroatoms. The van der Waals surface area contributed by atoms with Crippen LogP contribution in [-0.4, -0.2) is 54.9 Å². The number of anilines is 1. The first-order chi connectivity index (χ1) is 18.4. The molecule has 1 aliphatic carbocycles. The third kappa shape index (κ3) is 8.30. The summed E-state index contributed by atoms with van der Waals surface area (Å²) in [6, 6.07) is 9.00. The zero-order valence-electron chi connectivity index (χ0n) is 21.8. The first-order valence-corrected chi connectivity index (χ1v) is 15.3. The van der Waals surface area contributed by atoms with Gasteiger partial charge in [0.15, 0.2) is 0 Å². The number of nitrogens with zero attached hydrogens (tertiary/aromatic N) is 3. The largest absolute Gasteiger partial charge is 0.352 e. The summed E-state index contributed by atoms with van der Waals surface area (Å²) < 4.78 is 26.2. The fourth-order valence-corrected chi connectivity index (χ4v) is 5.84. The zero-order chi connectivity index (χ0) is 28.7. The summed E-state index contributed by atoms with van der Waals surface area (Å²) in [5.41, 5.74) is 0.247. The molecule has 1 fully saturated rings. The summed E-state index contributed by atoms with van der Waals surface area (Å²) in [6.07, 6.45) is 6.05. The molecule has 0 aliphatic heterocycles. The van der Waals surface area contributed by atoms with Gasteiger partial charge in [-0.05, 0) is 43.0 Å². The van der Waals surface area contributed by atoms with Gasteiger partial charge >= 0.3 is 0 Å². The van der Waals surface area contributed by atoms with Gasteiger partial charge in [-0.3, -0.25) is 24.0 Å². The van der Waals surface area contributed by atoms with E-state index in [1.54, 1.807) is 25.1 Å². The number of hydrogen-bond donors (Lipinski definition) is 1. The number of benzene rings is 2. The number of amides is 2. The van der Waals surface area contributed by atoms with Crippen molar-refractivity contribution in [3.05, 3.63) is 68.2 Å². The maximum Gasteiger partial charge on any atom is 0.271 e. The van der Waals surface area contributed by atoms with Gasteiger partial charge in [0.25, 0.3) is 5.69 Å². The zero-order valence-corrected chi connectivity index (χ0v) is 24.1. The highest BCUT2D eigenvalue weighted by atomic mass is 35.5. The Morgan fingerprint density at radius 1 is 1.10 bits per heavy atom. The molecule has 1 saturated carbocycles. The minimum absolute atomic E-state index is 0.0135. The Morgan fingerprint density at radius 3 is 2.38 bits per heavy atom. The fraction of sp³-hybridized carbons (Fsp3) is 0.462. The molecule has 1 unspecified atom stereocenters. The van der Waals surface area contributed by atoms with Gasteiger partial charge in [0.2, 0.25) is 21.8 Å². The topological polar surface area (TPSA) is 130 Å². The van der Waals surface area contributed by atoms with Crippen LogP contribution in [0.5, 0.6) is 0 Å². The Hall–Kier alpha value is -2.89. The highest BCUT2D eigenvalue weighted by Crippen LogP contribution is 2.26. The number of sulfonamides is 1. The van der Waals surface area contributed by atoms with E-state index in [4.69, 9.17) is 23.2 Å². The second-order valence-electron chi connectivity index (χ2n) is 9.58. The second kappa shape index (κ2) is 13.5. The van der Waals surface area contributed by atoms with Crippen molar-refractivity contribution in [3.63, 3.8) is 0 Å². The number of hydrogen-bond acceptors (Lipinski definition) is 6. The molecular weight excluding hydrogens is 567 g/mol. The number of carbonyl (C=O) groups excluding carboxylic acids is 2. The van der Waals surface area contributed by atoms with E-state index in [1.165, 1.54) is 23.1 Å². The lowest BCUT2D eigenvalue weighted by atomic mass is 9.95. The number of non-ortho nitro benzene ring substituents is 1. The van der Waals surface area contributed by atoms with Crippen LogP contribution in [0.3, 0.4) is 0 Å². The Bertz CT molecular complexity index is 1320. The Morgan fingerprint density at radius 2 is 1.79 bits per heavy atom. The van der Waals surface area contributed by atoms with Crippen LogP contribution in [0.2, 0.25) is 10.0 Å². The third-order valence-electron chi connectivity index (χ3n) is 6.68. The summed E-state index contributed by atoms with van der Waals surface area (Å²) in [6.45, 7) is 1.09. The van der Waals surface area contributed by atoms with Crippen molar-refractivity contribution in [3.8, 4) is 0 Å². The van der Waals surface area contributed by atoms with E-state index in [2.05, 4.69) is 5.32 Å². The van der Waals surface area contributed by atoms with Gasteiger partial charge in [-0.1, -0.05) is 61.5 Å². The Balaban J connectivity index is 1.96. The first-order valence-electron chi connectivity index (χ1n) is 12.7. The summed E-state index contributed by atoms with van der Waals surface area (Å²) >= 11 is 12.2. The van der Waals surface area contributed by atoms with Crippen molar-refractivity contribution in [1.29, 1.82) is 0 Å². The first kappa shape index (κ1) is 30.6. The van der Waals surface area contributed by atoms with Crippen molar-refractivity contribution in [2.24, 2.45) is 0 Å². The summed E-state index contributed by atoms with van der Waals surface area (Å²) in [7, 11) is -4.03. The van der Waals surface area contributed by atoms with Crippen LogP contribution in [0.15, 0.2) is 42.5 Å². The van der Waals surface area contributed by atoms with E-state index in [9.17, 15) is 28.1 Å². The number of nitro benzene ring substituents is 1. The van der Waals surface area contributed by atoms with Crippen LogP contribution < -0.4 is 9.62 Å². The van der Waals surface area contributed by atoms with Gasteiger partial charge in [0.05, 0.1) is 26.9 Å². The van der Waals surface area contributed by atoms with E-state index in [1.807, 2.05) is 0 Å². The summed E-state index contributed by atoms with van der Waals surface area (Å²) in [5.74, 6) is -0.970. The van der Waals surface area contributed by atoms with E-state index in [0.29, 0.717) is 10.6 Å². The van der Waals surface area contributed by atoms with Crippen LogP contribution >= 0.6 is 23.2 Å². The average molecular weight is 600 g/mol. The second-order valence-corrected chi connectivity index (χ2v) is 12.3. The lowest BCUT2D eigenvalue weighted by molar-refractivity contribution is -0.384. The molecule has 212 valence electrons. The molecule has 2 amide bonds. The quantitative estimate of drug-likeness (QED) is 0.288. The highest BCUT2D eigenvalue weighted by molar-refractivity contribution is 7.92. The highest BCUT2D eigenvalue weighted by Gasteiger charge is 2.33. The molecule has 1 N–H and O–H groups in total. The number of halogens is 2. The monoisotopic (exact) mass is 598 g/mol. The molecule has 0 aromatic heterocycles. The normalized spacial score (nSPS) is 14.9. The molecule has 1 atom stereocenters. The van der Waals surface area contributed by atoms with E-state index >= 15 is 0 Å². The lowest BCUT2D eigenvalue weighted by Crippen LogP contribution is -2.53. The Labute approximate surface area is 238 Å². The molecule has 2 aromatic rings. The third-order valence-corrected chi connectivity index (χ3v) is 8.56. The van der Waals surface area contributed by atoms with Crippen molar-refractivity contribution in [2.45, 2.75) is 64.1 Å². The van der Waals surface area contributed by atoms with Crippen LogP contribution in [0, 0.1) is 10.1 Å². The number of nitro groups is 1. The predicted molar refractivity (Wildman–Crippen MR) is 151 cm³/mol. The maximum absolute atomic E-state index is 13.8. The molecule has 0 heterocycles. The van der Waals surface area contributed by atoms with Gasteiger partial charge in [-0.25, -0.2) is 8.42 Å². The summed E-state index contributed by atoms with van der Waals surface area (Å²) in [5, 5.41) is 14.9. The Kier molecular flexibility index (Phi) is 10.6. The van der Waals surface area contributed by atoms with E-state index in [-0.39, 0.29) is 41.3 Å². The molecule has 0 spiro atoms. The minimum Gasteiger partial charge on any atom is -0.352 e. The fourth-order valence-electron chi connectivity index (χ4n) is 4.67. The lowest BCUT2D eigenvalue weighted by Gasteiger charge is -2.34. The van der Waals surface area contributed by atoms with E-state index < -0.39 is 33.4 Å². The standard InChI is InChI=1S/C26H32Cl2N4O6S/c1-3-24(26(34)29-19-8-5-4-6-9-19)30(16-18-12-13-22(27)23(28)14-18)25(33)17-31(39(2,37)38)20-10-7-11-21(15-20)32(35)36/h7,10-15,19,24H,3-6,8-9,16-17H2,1-2H3,(H,29,34). The van der Waals surface area contributed by atoms with Crippen molar-refractivity contribution in [1.82, 2.24) is 10.2 Å². The number of nitrogens with one attached hydrogen (secondary N) is 1. The smallest absolute Gasteiger partial charge is 0.271 e. The predicted octanol–water partition coefficient (Wildman–Crippen LogP) is 4.92. The molecule has 0 saturated heterocycles. The van der Waals surface area contributed by atoms with Crippen LogP contribution in [0.1, 0.15) is 51.0 Å². The molecule has 0 radical (unpaired) electrons. The van der Waals surface area contributed by atoms with E-state index in [0.717, 1.165) is 48.7 Å².